The zero-order valence-electron chi connectivity index (χ0n) is 11.6. The van der Waals surface area contributed by atoms with Crippen LogP contribution in [0.4, 0.5) is 0 Å². The molecule has 2 nitrogen and oxygen atoms in total. The smallest absolute Gasteiger partial charge is 0.182 e. The molecule has 1 aromatic heterocycles. The van der Waals surface area contributed by atoms with Crippen molar-refractivity contribution >= 4 is 11.1 Å². The Kier molecular flexibility index (Phi) is 2.57. The van der Waals surface area contributed by atoms with E-state index < -0.39 is 0 Å². The molecule has 17 heavy (non-hydrogen) atoms. The first-order valence-electron chi connectivity index (χ1n) is 6.08. The number of oxazole rings is 1. The van der Waals surface area contributed by atoms with E-state index in [1.54, 1.807) is 6.39 Å². The van der Waals surface area contributed by atoms with Crippen molar-refractivity contribution in [2.24, 2.45) is 0 Å². The molecule has 0 atom stereocenters. The Morgan fingerprint density at radius 1 is 0.882 bits per heavy atom. The summed E-state index contributed by atoms with van der Waals surface area (Å²) < 4.78 is 5.60. The monoisotopic (exact) mass is 231 g/mol. The van der Waals surface area contributed by atoms with Crippen LogP contribution in [0.2, 0.25) is 0 Å². The van der Waals surface area contributed by atoms with Crippen LogP contribution in [0.15, 0.2) is 22.9 Å². The van der Waals surface area contributed by atoms with Crippen LogP contribution in [0, 0.1) is 0 Å². The van der Waals surface area contributed by atoms with Gasteiger partial charge in [-0.1, -0.05) is 53.7 Å². The Morgan fingerprint density at radius 2 is 1.41 bits per heavy atom. The molecule has 0 fully saturated rings. The van der Waals surface area contributed by atoms with Crippen molar-refractivity contribution < 1.29 is 4.42 Å². The molecule has 2 heteroatoms. The largest absolute Gasteiger partial charge is 0.443 e. The highest BCUT2D eigenvalue weighted by Gasteiger charge is 2.24. The van der Waals surface area contributed by atoms with Crippen molar-refractivity contribution in [3.63, 3.8) is 0 Å². The van der Waals surface area contributed by atoms with Crippen LogP contribution in [-0.4, -0.2) is 4.98 Å². The van der Waals surface area contributed by atoms with Gasteiger partial charge in [0.05, 0.1) is 0 Å². The van der Waals surface area contributed by atoms with Crippen LogP contribution in [-0.2, 0) is 10.8 Å². The fourth-order valence-corrected chi connectivity index (χ4v) is 2.15. The number of hydrogen-bond acceptors (Lipinski definition) is 2. The Balaban J connectivity index is 2.76. The maximum absolute atomic E-state index is 5.60. The lowest BCUT2D eigenvalue weighted by molar-refractivity contribution is 0.552. The Labute approximate surface area is 103 Å². The lowest BCUT2D eigenvalue weighted by Gasteiger charge is -2.23. The summed E-state index contributed by atoms with van der Waals surface area (Å²) in [6, 6.07) is 4.36. The average molecular weight is 231 g/mol. The van der Waals surface area contributed by atoms with Gasteiger partial charge in [0.1, 0.15) is 5.52 Å². The molecule has 0 amide bonds. The first-order chi connectivity index (χ1) is 7.71. The van der Waals surface area contributed by atoms with Crippen LogP contribution in [0.3, 0.4) is 0 Å². The van der Waals surface area contributed by atoms with Gasteiger partial charge in [-0.25, -0.2) is 4.98 Å². The minimum atomic E-state index is 0.0776. The zero-order chi connectivity index (χ0) is 12.8. The predicted molar refractivity (Wildman–Crippen MR) is 71.4 cm³/mol. The van der Waals surface area contributed by atoms with Crippen molar-refractivity contribution in [2.45, 2.75) is 52.4 Å². The van der Waals surface area contributed by atoms with Gasteiger partial charge in [0, 0.05) is 5.56 Å². The molecular formula is C15H21NO. The van der Waals surface area contributed by atoms with E-state index in [-0.39, 0.29) is 10.8 Å². The van der Waals surface area contributed by atoms with Gasteiger partial charge in [0.15, 0.2) is 12.0 Å². The summed E-state index contributed by atoms with van der Waals surface area (Å²) in [5.74, 6) is 0. The second-order valence-electron chi connectivity index (χ2n) is 6.69. The molecule has 0 saturated carbocycles. The summed E-state index contributed by atoms with van der Waals surface area (Å²) >= 11 is 0. The van der Waals surface area contributed by atoms with Crippen molar-refractivity contribution in [2.75, 3.05) is 0 Å². The van der Waals surface area contributed by atoms with Crippen molar-refractivity contribution in [3.8, 4) is 0 Å². The Hall–Kier alpha value is -1.31. The van der Waals surface area contributed by atoms with Crippen LogP contribution in [0.25, 0.3) is 11.1 Å². The molecule has 92 valence electrons. The predicted octanol–water partition coefficient (Wildman–Crippen LogP) is 4.42. The molecule has 2 aromatic rings. The third kappa shape index (κ3) is 2.08. The van der Waals surface area contributed by atoms with Crippen LogP contribution in [0.5, 0.6) is 0 Å². The van der Waals surface area contributed by atoms with Crippen LogP contribution < -0.4 is 0 Å². The maximum atomic E-state index is 5.60. The summed E-state index contributed by atoms with van der Waals surface area (Å²) in [4.78, 5) is 4.39. The fraction of sp³-hybridized carbons (Fsp3) is 0.533. The van der Waals surface area contributed by atoms with Crippen molar-refractivity contribution in [1.82, 2.24) is 4.98 Å². The van der Waals surface area contributed by atoms with E-state index >= 15 is 0 Å². The first-order valence-corrected chi connectivity index (χ1v) is 6.08. The normalized spacial score (nSPS) is 13.3. The molecule has 0 radical (unpaired) electrons. The van der Waals surface area contributed by atoms with E-state index in [1.807, 2.05) is 0 Å². The number of fused-ring (bicyclic) bond motifs is 1. The summed E-state index contributed by atoms with van der Waals surface area (Å²) in [7, 11) is 0. The second kappa shape index (κ2) is 3.59. The molecule has 0 aliphatic heterocycles. The third-order valence-corrected chi connectivity index (χ3v) is 3.10. The molecule has 0 aliphatic carbocycles. The highest BCUT2D eigenvalue weighted by molar-refractivity contribution is 5.81. The molecule has 0 aliphatic rings. The molecular weight excluding hydrogens is 210 g/mol. The standard InChI is InChI=1S/C15H21NO/c1-14(2,3)10-7-8-11(15(4,5)6)13-12(10)16-9-17-13/h7-9H,1-6H3. The van der Waals surface area contributed by atoms with Gasteiger partial charge < -0.3 is 4.42 Å². The average Bonchev–Trinajstić information content (AvgIpc) is 2.60. The van der Waals surface area contributed by atoms with Gasteiger partial charge in [0.25, 0.3) is 0 Å². The number of nitrogens with zero attached hydrogens (tertiary/aromatic N) is 1. The molecule has 0 N–H and O–H groups in total. The van der Waals surface area contributed by atoms with E-state index in [2.05, 4.69) is 58.7 Å². The van der Waals surface area contributed by atoms with Gasteiger partial charge in [-0.2, -0.15) is 0 Å². The number of hydrogen-bond donors (Lipinski definition) is 0. The quantitative estimate of drug-likeness (QED) is 0.670. The lowest BCUT2D eigenvalue weighted by Crippen LogP contribution is -2.15. The SMILES string of the molecule is CC(C)(C)c1ccc(C(C)(C)C)c2ocnc12. The van der Waals surface area contributed by atoms with Crippen LogP contribution >= 0.6 is 0 Å². The molecule has 0 spiro atoms. The van der Waals surface area contributed by atoms with E-state index in [1.165, 1.54) is 11.1 Å². The Bertz CT molecular complexity index is 490. The third-order valence-electron chi connectivity index (χ3n) is 3.10. The maximum Gasteiger partial charge on any atom is 0.182 e. The van der Waals surface area contributed by atoms with E-state index in [0.717, 1.165) is 11.1 Å². The first kappa shape index (κ1) is 12.2. The topological polar surface area (TPSA) is 26.0 Å². The highest BCUT2D eigenvalue weighted by Crippen LogP contribution is 2.35. The van der Waals surface area contributed by atoms with Gasteiger partial charge >= 0.3 is 0 Å². The lowest BCUT2D eigenvalue weighted by atomic mass is 9.81. The molecule has 1 heterocycles. The molecule has 0 unspecified atom stereocenters. The highest BCUT2D eigenvalue weighted by atomic mass is 16.3. The summed E-state index contributed by atoms with van der Waals surface area (Å²) in [6.45, 7) is 13.2. The second-order valence-corrected chi connectivity index (χ2v) is 6.69. The summed E-state index contributed by atoms with van der Waals surface area (Å²) in [5.41, 5.74) is 4.57. The molecule has 2 rings (SSSR count). The summed E-state index contributed by atoms with van der Waals surface area (Å²) in [5, 5.41) is 0. The number of rotatable bonds is 0. The summed E-state index contributed by atoms with van der Waals surface area (Å²) in [6.07, 6.45) is 1.55. The van der Waals surface area contributed by atoms with Crippen molar-refractivity contribution in [1.29, 1.82) is 0 Å². The van der Waals surface area contributed by atoms with Gasteiger partial charge in [-0.3, -0.25) is 0 Å². The molecule has 1 aromatic carbocycles. The Morgan fingerprint density at radius 3 is 1.94 bits per heavy atom. The van der Waals surface area contributed by atoms with Gasteiger partial charge in [-0.15, -0.1) is 0 Å². The fourth-order valence-electron chi connectivity index (χ4n) is 2.15. The molecule has 0 saturated heterocycles. The van der Waals surface area contributed by atoms with E-state index in [9.17, 15) is 0 Å². The van der Waals surface area contributed by atoms with Gasteiger partial charge in [0.2, 0.25) is 0 Å². The minimum absolute atomic E-state index is 0.0776. The number of aromatic nitrogens is 1. The number of benzene rings is 1. The zero-order valence-corrected chi connectivity index (χ0v) is 11.6. The van der Waals surface area contributed by atoms with E-state index in [0.29, 0.717) is 0 Å². The van der Waals surface area contributed by atoms with Gasteiger partial charge in [-0.05, 0) is 16.4 Å². The molecule has 0 bridgehead atoms. The van der Waals surface area contributed by atoms with E-state index in [4.69, 9.17) is 4.42 Å². The van der Waals surface area contributed by atoms with Crippen molar-refractivity contribution in [3.05, 3.63) is 29.7 Å². The van der Waals surface area contributed by atoms with Crippen LogP contribution in [0.1, 0.15) is 52.7 Å². The minimum Gasteiger partial charge on any atom is -0.443 e.